The van der Waals surface area contributed by atoms with Gasteiger partial charge in [0.15, 0.2) is 17.3 Å². The van der Waals surface area contributed by atoms with Crippen molar-refractivity contribution in [3.8, 4) is 5.69 Å². The van der Waals surface area contributed by atoms with Crippen LogP contribution in [0.2, 0.25) is 0 Å². The Labute approximate surface area is 109 Å². The van der Waals surface area contributed by atoms with Crippen LogP contribution in [0.5, 0.6) is 0 Å². The van der Waals surface area contributed by atoms with Gasteiger partial charge in [-0.1, -0.05) is 5.21 Å². The number of carboxylic acids is 1. The molecule has 1 N–H and O–H groups in total. The molecule has 0 fully saturated rings. The Morgan fingerprint density at radius 1 is 1.45 bits per heavy atom. The maximum atomic E-state index is 13.7. The summed E-state index contributed by atoms with van der Waals surface area (Å²) < 4.78 is 27.5. The van der Waals surface area contributed by atoms with Gasteiger partial charge in [0.25, 0.3) is 5.69 Å². The van der Waals surface area contributed by atoms with Gasteiger partial charge in [-0.2, -0.15) is 0 Å². The molecule has 0 atom stereocenters. The van der Waals surface area contributed by atoms with E-state index < -0.39 is 40.3 Å². The average Bonchev–Trinajstić information content (AvgIpc) is 2.79. The third-order valence-electron chi connectivity index (χ3n) is 2.35. The van der Waals surface area contributed by atoms with E-state index in [1.807, 2.05) is 0 Å². The Balaban J connectivity index is 2.56. The molecule has 0 radical (unpaired) electrons. The van der Waals surface area contributed by atoms with Crippen LogP contribution in [0.15, 0.2) is 18.3 Å². The number of carboxylic acid groups (broad SMARTS) is 1. The first-order chi connectivity index (χ1) is 9.40. The molecule has 20 heavy (non-hydrogen) atoms. The van der Waals surface area contributed by atoms with Crippen molar-refractivity contribution in [2.24, 2.45) is 0 Å². The van der Waals surface area contributed by atoms with Crippen molar-refractivity contribution >= 4 is 11.7 Å². The van der Waals surface area contributed by atoms with Gasteiger partial charge in [-0.3, -0.25) is 14.9 Å². The fourth-order valence-corrected chi connectivity index (χ4v) is 1.54. The number of aromatic nitrogens is 3. The highest BCUT2D eigenvalue weighted by atomic mass is 19.2. The largest absolute Gasteiger partial charge is 0.481 e. The summed E-state index contributed by atoms with van der Waals surface area (Å²) in [5.41, 5.74) is -1.50. The number of benzene rings is 1. The van der Waals surface area contributed by atoms with Gasteiger partial charge >= 0.3 is 5.97 Å². The van der Waals surface area contributed by atoms with Crippen molar-refractivity contribution in [3.63, 3.8) is 0 Å². The van der Waals surface area contributed by atoms with Crippen molar-refractivity contribution < 1.29 is 23.6 Å². The predicted molar refractivity (Wildman–Crippen MR) is 59.3 cm³/mol. The van der Waals surface area contributed by atoms with Crippen LogP contribution in [0.25, 0.3) is 5.69 Å². The molecule has 0 bridgehead atoms. The van der Waals surface area contributed by atoms with Crippen LogP contribution >= 0.6 is 0 Å². The number of rotatable bonds is 4. The zero-order valence-electron chi connectivity index (χ0n) is 9.66. The van der Waals surface area contributed by atoms with Crippen LogP contribution in [0.4, 0.5) is 14.5 Å². The smallest absolute Gasteiger partial charge is 0.309 e. The van der Waals surface area contributed by atoms with Crippen LogP contribution in [0, 0.1) is 21.7 Å². The standard InChI is InChI=1S/C10H6F2N4O4/c11-6-1-2-7(16(19)20)10(9(6)12)15-4-5(13-14-15)3-8(17)18/h1-2,4H,3H2,(H,17,18). The van der Waals surface area contributed by atoms with Gasteiger partial charge in [0.1, 0.15) is 0 Å². The van der Waals surface area contributed by atoms with Gasteiger partial charge < -0.3 is 5.11 Å². The Morgan fingerprint density at radius 3 is 2.75 bits per heavy atom. The molecule has 0 amide bonds. The third kappa shape index (κ3) is 2.43. The number of nitro benzene ring substituents is 1. The molecule has 0 saturated heterocycles. The minimum atomic E-state index is -1.47. The van der Waals surface area contributed by atoms with Gasteiger partial charge in [-0.25, -0.2) is 13.5 Å². The van der Waals surface area contributed by atoms with E-state index in [-0.39, 0.29) is 5.69 Å². The van der Waals surface area contributed by atoms with Crippen LogP contribution in [0.1, 0.15) is 5.69 Å². The molecule has 8 nitrogen and oxygen atoms in total. The van der Waals surface area contributed by atoms with Gasteiger partial charge in [0.05, 0.1) is 23.2 Å². The summed E-state index contributed by atoms with van der Waals surface area (Å²) in [5, 5.41) is 26.2. The lowest BCUT2D eigenvalue weighted by Crippen LogP contribution is -2.06. The summed E-state index contributed by atoms with van der Waals surface area (Å²) >= 11 is 0. The summed E-state index contributed by atoms with van der Waals surface area (Å²) in [6.45, 7) is 0. The molecule has 2 rings (SSSR count). The molecule has 1 aromatic carbocycles. The molecule has 0 aliphatic heterocycles. The van der Waals surface area contributed by atoms with E-state index in [2.05, 4.69) is 10.3 Å². The van der Waals surface area contributed by atoms with Crippen molar-refractivity contribution in [2.45, 2.75) is 6.42 Å². The number of hydrogen-bond acceptors (Lipinski definition) is 5. The normalized spacial score (nSPS) is 10.5. The van der Waals surface area contributed by atoms with E-state index in [0.29, 0.717) is 10.7 Å². The van der Waals surface area contributed by atoms with Crippen molar-refractivity contribution in [3.05, 3.63) is 45.8 Å². The lowest BCUT2D eigenvalue weighted by Gasteiger charge is -2.03. The van der Waals surface area contributed by atoms with E-state index in [0.717, 1.165) is 12.3 Å². The summed E-state index contributed by atoms with van der Waals surface area (Å²) in [4.78, 5) is 20.4. The Bertz CT molecular complexity index is 701. The fraction of sp³-hybridized carbons (Fsp3) is 0.100. The SMILES string of the molecule is O=C(O)Cc1cn(-c2c([N+](=O)[O-])ccc(F)c2F)nn1. The highest BCUT2D eigenvalue weighted by molar-refractivity contribution is 5.69. The molecule has 0 saturated carbocycles. The Hall–Kier alpha value is -2.91. The Morgan fingerprint density at radius 2 is 2.15 bits per heavy atom. The van der Waals surface area contributed by atoms with Crippen LogP contribution in [-0.4, -0.2) is 31.0 Å². The van der Waals surface area contributed by atoms with Crippen molar-refractivity contribution in [1.82, 2.24) is 15.0 Å². The maximum Gasteiger partial charge on any atom is 0.309 e. The van der Waals surface area contributed by atoms with Crippen LogP contribution < -0.4 is 0 Å². The second-order valence-electron chi connectivity index (χ2n) is 3.71. The quantitative estimate of drug-likeness (QED) is 0.664. The number of hydrogen-bond donors (Lipinski definition) is 1. The van der Waals surface area contributed by atoms with Gasteiger partial charge in [-0.05, 0) is 6.07 Å². The average molecular weight is 284 g/mol. The molecule has 104 valence electrons. The molecule has 0 unspecified atom stereocenters. The van der Waals surface area contributed by atoms with E-state index in [1.54, 1.807) is 0 Å². The number of aliphatic carboxylic acids is 1. The molecule has 1 heterocycles. The minimum Gasteiger partial charge on any atom is -0.481 e. The predicted octanol–water partition coefficient (Wildman–Crippen LogP) is 1.08. The van der Waals surface area contributed by atoms with Gasteiger partial charge in [0.2, 0.25) is 0 Å². The first kappa shape index (κ1) is 13.5. The molecular weight excluding hydrogens is 278 g/mol. The third-order valence-corrected chi connectivity index (χ3v) is 2.35. The fourth-order valence-electron chi connectivity index (χ4n) is 1.54. The van der Waals surface area contributed by atoms with Crippen molar-refractivity contribution in [2.75, 3.05) is 0 Å². The number of nitrogens with zero attached hydrogens (tertiary/aromatic N) is 4. The highest BCUT2D eigenvalue weighted by Gasteiger charge is 2.24. The van der Waals surface area contributed by atoms with Gasteiger partial charge in [0, 0.05) is 6.07 Å². The zero-order chi connectivity index (χ0) is 14.9. The monoisotopic (exact) mass is 284 g/mol. The second kappa shape index (κ2) is 4.99. The first-order valence-corrected chi connectivity index (χ1v) is 5.16. The van der Waals surface area contributed by atoms with Crippen LogP contribution in [-0.2, 0) is 11.2 Å². The summed E-state index contributed by atoms with van der Waals surface area (Å²) in [7, 11) is 0. The van der Waals surface area contributed by atoms with Crippen LogP contribution in [0.3, 0.4) is 0 Å². The van der Waals surface area contributed by atoms with Crippen molar-refractivity contribution in [1.29, 1.82) is 0 Å². The summed E-state index contributed by atoms with van der Waals surface area (Å²) in [6.07, 6.45) is 0.490. The molecule has 0 aliphatic carbocycles. The highest BCUT2D eigenvalue weighted by Crippen LogP contribution is 2.26. The maximum absolute atomic E-state index is 13.7. The topological polar surface area (TPSA) is 111 Å². The molecular formula is C10H6F2N4O4. The van der Waals surface area contributed by atoms with E-state index in [4.69, 9.17) is 5.11 Å². The number of nitro groups is 1. The molecule has 10 heteroatoms. The summed E-state index contributed by atoms with van der Waals surface area (Å²) in [6, 6.07) is 1.40. The lowest BCUT2D eigenvalue weighted by molar-refractivity contribution is -0.384. The number of halogens is 2. The molecule has 2 aromatic rings. The molecule has 1 aromatic heterocycles. The van der Waals surface area contributed by atoms with E-state index in [9.17, 15) is 23.7 Å². The minimum absolute atomic E-state index is 0.0459. The molecule has 0 aliphatic rings. The first-order valence-electron chi connectivity index (χ1n) is 5.16. The lowest BCUT2D eigenvalue weighted by atomic mass is 10.2. The van der Waals surface area contributed by atoms with E-state index >= 15 is 0 Å². The number of carbonyl (C=O) groups is 1. The second-order valence-corrected chi connectivity index (χ2v) is 3.71. The molecule has 0 spiro atoms. The van der Waals surface area contributed by atoms with Gasteiger partial charge in [-0.15, -0.1) is 5.10 Å². The Kier molecular flexibility index (Phi) is 3.37. The van der Waals surface area contributed by atoms with E-state index in [1.165, 1.54) is 0 Å². The summed E-state index contributed by atoms with van der Waals surface area (Å²) in [5.74, 6) is -3.96. The zero-order valence-corrected chi connectivity index (χ0v) is 9.66.